The lowest BCUT2D eigenvalue weighted by Crippen LogP contribution is -2.33. The first-order valence-corrected chi connectivity index (χ1v) is 7.33. The van der Waals surface area contributed by atoms with E-state index in [1.54, 1.807) is 6.08 Å². The Morgan fingerprint density at radius 3 is 2.64 bits per heavy atom. The number of hydrogen-bond donors (Lipinski definition) is 1. The third-order valence-electron chi connectivity index (χ3n) is 3.28. The van der Waals surface area contributed by atoms with Crippen molar-refractivity contribution in [2.75, 3.05) is 6.54 Å². The van der Waals surface area contributed by atoms with Crippen LogP contribution in [0.1, 0.15) is 5.56 Å². The van der Waals surface area contributed by atoms with Crippen LogP contribution in [0.15, 0.2) is 47.4 Å². The lowest BCUT2D eigenvalue weighted by molar-refractivity contribution is -0.140. The molecular formula is C16H11NO4S. The number of carbonyl (C=O) groups is 3. The number of benzene rings is 2. The zero-order chi connectivity index (χ0) is 15.7. The van der Waals surface area contributed by atoms with E-state index in [2.05, 4.69) is 0 Å². The number of aliphatic carboxylic acids is 1. The average Bonchev–Trinajstić information content (AvgIpc) is 2.75. The number of hydrogen-bond acceptors (Lipinski definition) is 4. The third-order valence-corrected chi connectivity index (χ3v) is 4.18. The van der Waals surface area contributed by atoms with Gasteiger partial charge in [0.2, 0.25) is 0 Å². The molecule has 1 heterocycles. The second kappa shape index (κ2) is 5.65. The Kier molecular flexibility index (Phi) is 3.68. The lowest BCUT2D eigenvalue weighted by atomic mass is 10.0. The lowest BCUT2D eigenvalue weighted by Gasteiger charge is -2.08. The number of amides is 2. The van der Waals surface area contributed by atoms with Crippen molar-refractivity contribution in [1.82, 2.24) is 4.90 Å². The van der Waals surface area contributed by atoms with Crippen molar-refractivity contribution in [2.45, 2.75) is 0 Å². The summed E-state index contributed by atoms with van der Waals surface area (Å²) >= 11 is 0.762. The first-order valence-electron chi connectivity index (χ1n) is 6.51. The van der Waals surface area contributed by atoms with E-state index in [1.165, 1.54) is 0 Å². The first kappa shape index (κ1) is 14.3. The molecule has 0 saturated carbocycles. The van der Waals surface area contributed by atoms with Crippen LogP contribution < -0.4 is 0 Å². The second-order valence-electron chi connectivity index (χ2n) is 4.73. The molecule has 1 aliphatic rings. The molecule has 2 amide bonds. The van der Waals surface area contributed by atoms with E-state index in [1.807, 2.05) is 42.5 Å². The normalized spacial score (nSPS) is 16.7. The second-order valence-corrected chi connectivity index (χ2v) is 5.72. The van der Waals surface area contributed by atoms with Gasteiger partial charge in [-0.05, 0) is 34.2 Å². The maximum absolute atomic E-state index is 12.1. The zero-order valence-corrected chi connectivity index (χ0v) is 12.2. The fraction of sp³-hybridized carbons (Fsp3) is 0.0625. The molecule has 1 fully saturated rings. The Morgan fingerprint density at radius 1 is 1.14 bits per heavy atom. The number of carboxylic acids is 1. The van der Waals surface area contributed by atoms with Crippen LogP contribution in [0.2, 0.25) is 0 Å². The van der Waals surface area contributed by atoms with Crippen LogP contribution in [0.4, 0.5) is 4.79 Å². The van der Waals surface area contributed by atoms with Gasteiger partial charge in [-0.15, -0.1) is 0 Å². The van der Waals surface area contributed by atoms with Crippen LogP contribution in [-0.4, -0.2) is 33.7 Å². The van der Waals surface area contributed by atoms with Crippen molar-refractivity contribution in [3.8, 4) is 0 Å². The van der Waals surface area contributed by atoms with Crippen LogP contribution >= 0.6 is 11.8 Å². The third kappa shape index (κ3) is 2.60. The van der Waals surface area contributed by atoms with Crippen LogP contribution in [0.25, 0.3) is 16.8 Å². The zero-order valence-electron chi connectivity index (χ0n) is 11.4. The average molecular weight is 313 g/mol. The summed E-state index contributed by atoms with van der Waals surface area (Å²) in [6, 6.07) is 13.4. The Morgan fingerprint density at radius 2 is 1.86 bits per heavy atom. The minimum Gasteiger partial charge on any atom is -0.480 e. The molecule has 6 heteroatoms. The van der Waals surface area contributed by atoms with Gasteiger partial charge >= 0.3 is 5.97 Å². The summed E-state index contributed by atoms with van der Waals surface area (Å²) in [7, 11) is 0. The predicted octanol–water partition coefficient (Wildman–Crippen LogP) is 2.96. The van der Waals surface area contributed by atoms with E-state index in [0.717, 1.165) is 33.0 Å². The molecule has 0 spiro atoms. The van der Waals surface area contributed by atoms with Gasteiger partial charge in [0.15, 0.2) is 0 Å². The Balaban J connectivity index is 2.00. The molecule has 1 saturated heterocycles. The fourth-order valence-corrected chi connectivity index (χ4v) is 3.12. The molecule has 1 aliphatic heterocycles. The van der Waals surface area contributed by atoms with E-state index in [9.17, 15) is 14.4 Å². The number of carbonyl (C=O) groups excluding carboxylic acids is 2. The minimum atomic E-state index is -1.21. The highest BCUT2D eigenvalue weighted by molar-refractivity contribution is 8.18. The number of fused-ring (bicyclic) bond motifs is 1. The van der Waals surface area contributed by atoms with Gasteiger partial charge in [0.1, 0.15) is 6.54 Å². The molecule has 0 aromatic heterocycles. The quantitative estimate of drug-likeness (QED) is 0.882. The highest BCUT2D eigenvalue weighted by Gasteiger charge is 2.36. The maximum Gasteiger partial charge on any atom is 0.323 e. The van der Waals surface area contributed by atoms with Gasteiger partial charge in [-0.1, -0.05) is 42.5 Å². The molecule has 0 radical (unpaired) electrons. The van der Waals surface area contributed by atoms with Crippen LogP contribution in [0, 0.1) is 0 Å². The number of imide groups is 1. The molecule has 0 unspecified atom stereocenters. The molecule has 110 valence electrons. The number of thioether (sulfide) groups is 1. The summed E-state index contributed by atoms with van der Waals surface area (Å²) in [6.45, 7) is -0.614. The van der Waals surface area contributed by atoms with E-state index in [0.29, 0.717) is 0 Å². The molecule has 1 N–H and O–H groups in total. The summed E-state index contributed by atoms with van der Waals surface area (Å²) in [4.78, 5) is 35.6. The van der Waals surface area contributed by atoms with Crippen molar-refractivity contribution in [1.29, 1.82) is 0 Å². The van der Waals surface area contributed by atoms with Gasteiger partial charge < -0.3 is 5.11 Å². The van der Waals surface area contributed by atoms with E-state index < -0.39 is 23.7 Å². The molecular weight excluding hydrogens is 302 g/mol. The molecule has 2 aromatic carbocycles. The van der Waals surface area contributed by atoms with Crippen LogP contribution in [0.3, 0.4) is 0 Å². The molecule has 0 aliphatic carbocycles. The summed E-state index contributed by atoms with van der Waals surface area (Å²) in [5.41, 5.74) is 0.818. The van der Waals surface area contributed by atoms with Gasteiger partial charge in [0.05, 0.1) is 4.91 Å². The van der Waals surface area contributed by atoms with Crippen LogP contribution in [-0.2, 0) is 9.59 Å². The number of nitrogens with zero attached hydrogens (tertiary/aromatic N) is 1. The Bertz CT molecular complexity index is 823. The SMILES string of the molecule is O=C(O)CN1C(=O)S/C(=C/c2cccc3ccccc23)C1=O. The number of carboxylic acid groups (broad SMARTS) is 1. The van der Waals surface area contributed by atoms with E-state index in [-0.39, 0.29) is 4.91 Å². The van der Waals surface area contributed by atoms with Gasteiger partial charge in [-0.2, -0.15) is 0 Å². The predicted molar refractivity (Wildman–Crippen MR) is 84.3 cm³/mol. The summed E-state index contributed by atoms with van der Waals surface area (Å²) in [5, 5.41) is 10.2. The molecule has 2 aromatic rings. The van der Waals surface area contributed by atoms with Crippen LogP contribution in [0.5, 0.6) is 0 Å². The molecule has 3 rings (SSSR count). The van der Waals surface area contributed by atoms with Gasteiger partial charge in [0, 0.05) is 0 Å². The highest BCUT2D eigenvalue weighted by atomic mass is 32.2. The molecule has 5 nitrogen and oxygen atoms in total. The largest absolute Gasteiger partial charge is 0.480 e. The molecule has 0 atom stereocenters. The van der Waals surface area contributed by atoms with Gasteiger partial charge in [-0.3, -0.25) is 19.3 Å². The maximum atomic E-state index is 12.1. The topological polar surface area (TPSA) is 74.7 Å². The van der Waals surface area contributed by atoms with Crippen molar-refractivity contribution >= 4 is 45.7 Å². The van der Waals surface area contributed by atoms with Crippen molar-refractivity contribution in [3.63, 3.8) is 0 Å². The minimum absolute atomic E-state index is 0.239. The Labute approximate surface area is 130 Å². The standard InChI is InChI=1S/C16H11NO4S/c18-14(19)9-17-15(20)13(22-16(17)21)8-11-6-3-5-10-4-1-2-7-12(10)11/h1-8H,9H2,(H,18,19)/b13-8+. The molecule has 0 bridgehead atoms. The highest BCUT2D eigenvalue weighted by Crippen LogP contribution is 2.33. The first-order chi connectivity index (χ1) is 10.6. The molecule has 22 heavy (non-hydrogen) atoms. The summed E-state index contributed by atoms with van der Waals surface area (Å²) in [6.07, 6.45) is 1.63. The van der Waals surface area contributed by atoms with Crippen molar-refractivity contribution in [3.05, 3.63) is 52.9 Å². The van der Waals surface area contributed by atoms with Gasteiger partial charge in [-0.25, -0.2) is 0 Å². The van der Waals surface area contributed by atoms with E-state index >= 15 is 0 Å². The van der Waals surface area contributed by atoms with Gasteiger partial charge in [0.25, 0.3) is 11.1 Å². The summed E-state index contributed by atoms with van der Waals surface area (Å²) in [5.74, 6) is -1.78. The number of rotatable bonds is 3. The summed E-state index contributed by atoms with van der Waals surface area (Å²) < 4.78 is 0. The smallest absolute Gasteiger partial charge is 0.323 e. The Hall–Kier alpha value is -2.60. The fourth-order valence-electron chi connectivity index (χ4n) is 2.29. The van der Waals surface area contributed by atoms with E-state index in [4.69, 9.17) is 5.11 Å². The monoisotopic (exact) mass is 313 g/mol. The van der Waals surface area contributed by atoms with Crippen molar-refractivity contribution < 1.29 is 19.5 Å². The van der Waals surface area contributed by atoms with Crippen molar-refractivity contribution in [2.24, 2.45) is 0 Å².